The SMILES string of the molecule is CCc1ccc2nc(-c3cnn(-c4ccccc4)c3)[nH]c(=O)c2c1. The molecule has 0 aliphatic heterocycles. The van der Waals surface area contributed by atoms with Crippen LogP contribution in [0.2, 0.25) is 0 Å². The van der Waals surface area contributed by atoms with Gasteiger partial charge in [-0.15, -0.1) is 0 Å². The molecule has 0 amide bonds. The molecule has 2 aromatic carbocycles. The van der Waals surface area contributed by atoms with Gasteiger partial charge in [-0.05, 0) is 36.2 Å². The normalized spacial score (nSPS) is 11.0. The van der Waals surface area contributed by atoms with Crippen molar-refractivity contribution < 1.29 is 0 Å². The summed E-state index contributed by atoms with van der Waals surface area (Å²) in [5, 5.41) is 4.97. The highest BCUT2D eigenvalue weighted by atomic mass is 16.1. The van der Waals surface area contributed by atoms with E-state index in [9.17, 15) is 4.79 Å². The van der Waals surface area contributed by atoms with Crippen molar-refractivity contribution >= 4 is 10.9 Å². The van der Waals surface area contributed by atoms with Crippen LogP contribution in [0.4, 0.5) is 0 Å². The van der Waals surface area contributed by atoms with E-state index in [1.807, 2.05) is 54.7 Å². The fourth-order valence-corrected chi connectivity index (χ4v) is 2.71. The van der Waals surface area contributed by atoms with E-state index in [1.54, 1.807) is 10.9 Å². The van der Waals surface area contributed by atoms with Crippen LogP contribution in [0, 0.1) is 0 Å². The summed E-state index contributed by atoms with van der Waals surface area (Å²) in [5.74, 6) is 0.527. The Labute approximate surface area is 138 Å². The van der Waals surface area contributed by atoms with Gasteiger partial charge in [0.25, 0.3) is 5.56 Å². The fraction of sp³-hybridized carbons (Fsp3) is 0.105. The van der Waals surface area contributed by atoms with Crippen LogP contribution in [0.3, 0.4) is 0 Å². The van der Waals surface area contributed by atoms with E-state index in [0.717, 1.165) is 23.2 Å². The Morgan fingerprint density at radius 2 is 1.96 bits per heavy atom. The van der Waals surface area contributed by atoms with Crippen molar-refractivity contribution in [3.63, 3.8) is 0 Å². The lowest BCUT2D eigenvalue weighted by Crippen LogP contribution is -2.09. The molecular formula is C19H16N4O. The van der Waals surface area contributed by atoms with Crippen LogP contribution < -0.4 is 5.56 Å². The summed E-state index contributed by atoms with van der Waals surface area (Å²) < 4.78 is 1.76. The topological polar surface area (TPSA) is 63.6 Å². The largest absolute Gasteiger partial charge is 0.306 e. The molecule has 0 atom stereocenters. The molecule has 24 heavy (non-hydrogen) atoms. The zero-order chi connectivity index (χ0) is 16.5. The molecule has 0 aliphatic carbocycles. The van der Waals surface area contributed by atoms with E-state index in [1.165, 1.54) is 0 Å². The highest BCUT2D eigenvalue weighted by Gasteiger charge is 2.09. The summed E-state index contributed by atoms with van der Waals surface area (Å²) in [6.07, 6.45) is 4.46. The van der Waals surface area contributed by atoms with Crippen LogP contribution >= 0.6 is 0 Å². The Kier molecular flexibility index (Phi) is 3.46. The number of fused-ring (bicyclic) bond motifs is 1. The second-order valence-corrected chi connectivity index (χ2v) is 5.63. The summed E-state index contributed by atoms with van der Waals surface area (Å²) >= 11 is 0. The van der Waals surface area contributed by atoms with E-state index in [-0.39, 0.29) is 5.56 Å². The minimum atomic E-state index is -0.127. The predicted molar refractivity (Wildman–Crippen MR) is 94.3 cm³/mol. The number of nitrogens with zero attached hydrogens (tertiary/aromatic N) is 3. The fourth-order valence-electron chi connectivity index (χ4n) is 2.71. The minimum Gasteiger partial charge on any atom is -0.306 e. The molecule has 0 fully saturated rings. The monoisotopic (exact) mass is 316 g/mol. The number of aromatic nitrogens is 4. The second-order valence-electron chi connectivity index (χ2n) is 5.63. The average molecular weight is 316 g/mol. The van der Waals surface area contributed by atoms with E-state index in [0.29, 0.717) is 16.7 Å². The van der Waals surface area contributed by atoms with Crippen molar-refractivity contribution in [3.05, 3.63) is 76.8 Å². The van der Waals surface area contributed by atoms with Crippen LogP contribution in [0.1, 0.15) is 12.5 Å². The third-order valence-corrected chi connectivity index (χ3v) is 4.05. The number of rotatable bonds is 3. The number of hydrogen-bond acceptors (Lipinski definition) is 3. The van der Waals surface area contributed by atoms with Gasteiger partial charge in [0, 0.05) is 6.20 Å². The van der Waals surface area contributed by atoms with Crippen molar-refractivity contribution in [1.29, 1.82) is 0 Å². The van der Waals surface area contributed by atoms with Gasteiger partial charge in [-0.25, -0.2) is 9.67 Å². The van der Waals surface area contributed by atoms with Crippen LogP contribution in [0.5, 0.6) is 0 Å². The highest BCUT2D eigenvalue weighted by molar-refractivity contribution is 5.80. The van der Waals surface area contributed by atoms with Gasteiger partial charge in [0.2, 0.25) is 0 Å². The summed E-state index contributed by atoms with van der Waals surface area (Å²) in [6, 6.07) is 15.6. The molecular weight excluding hydrogens is 300 g/mol. The van der Waals surface area contributed by atoms with Gasteiger partial charge in [-0.3, -0.25) is 4.79 Å². The molecule has 1 N–H and O–H groups in total. The number of nitrogens with one attached hydrogen (secondary N) is 1. The average Bonchev–Trinajstić information content (AvgIpc) is 3.12. The van der Waals surface area contributed by atoms with Crippen molar-refractivity contribution in [1.82, 2.24) is 19.7 Å². The lowest BCUT2D eigenvalue weighted by molar-refractivity contribution is 0.880. The summed E-state index contributed by atoms with van der Waals surface area (Å²) in [5.41, 5.74) is 3.42. The van der Waals surface area contributed by atoms with E-state index >= 15 is 0 Å². The van der Waals surface area contributed by atoms with Crippen molar-refractivity contribution in [2.24, 2.45) is 0 Å². The van der Waals surface area contributed by atoms with Crippen LogP contribution in [-0.2, 0) is 6.42 Å². The molecule has 0 radical (unpaired) electrons. The minimum absolute atomic E-state index is 0.127. The van der Waals surface area contributed by atoms with Crippen LogP contribution in [-0.4, -0.2) is 19.7 Å². The van der Waals surface area contributed by atoms with Crippen LogP contribution in [0.15, 0.2) is 65.7 Å². The quantitative estimate of drug-likeness (QED) is 0.630. The molecule has 4 rings (SSSR count). The maximum atomic E-state index is 12.4. The van der Waals surface area contributed by atoms with Gasteiger partial charge >= 0.3 is 0 Å². The van der Waals surface area contributed by atoms with Gasteiger partial charge in [0.05, 0.1) is 28.4 Å². The molecule has 0 unspecified atom stereocenters. The lowest BCUT2D eigenvalue weighted by Gasteiger charge is -2.03. The van der Waals surface area contributed by atoms with Gasteiger partial charge in [0.15, 0.2) is 0 Å². The van der Waals surface area contributed by atoms with Crippen LogP contribution in [0.25, 0.3) is 28.0 Å². The number of aromatic amines is 1. The van der Waals surface area contributed by atoms with E-state index in [2.05, 4.69) is 22.0 Å². The number of hydrogen-bond donors (Lipinski definition) is 1. The molecule has 0 aliphatic rings. The summed E-state index contributed by atoms with van der Waals surface area (Å²) in [7, 11) is 0. The van der Waals surface area contributed by atoms with Gasteiger partial charge in [-0.2, -0.15) is 5.10 Å². The summed E-state index contributed by atoms with van der Waals surface area (Å²) in [4.78, 5) is 19.8. The third-order valence-electron chi connectivity index (χ3n) is 4.05. The number of aryl methyl sites for hydroxylation is 1. The van der Waals surface area contributed by atoms with Crippen molar-refractivity contribution in [2.45, 2.75) is 13.3 Å². The van der Waals surface area contributed by atoms with Crippen molar-refractivity contribution in [3.8, 4) is 17.1 Å². The first-order chi connectivity index (χ1) is 11.7. The second kappa shape index (κ2) is 5.77. The number of H-pyrrole nitrogens is 1. The number of benzene rings is 2. The Balaban J connectivity index is 1.80. The molecule has 0 saturated carbocycles. The molecule has 5 heteroatoms. The highest BCUT2D eigenvalue weighted by Crippen LogP contribution is 2.18. The maximum absolute atomic E-state index is 12.4. The first-order valence-electron chi connectivity index (χ1n) is 7.88. The zero-order valence-corrected chi connectivity index (χ0v) is 13.2. The molecule has 4 aromatic rings. The number of para-hydroxylation sites is 1. The van der Waals surface area contributed by atoms with E-state index in [4.69, 9.17) is 0 Å². The first kappa shape index (κ1) is 14.4. The Bertz CT molecular complexity index is 1060. The molecule has 2 aromatic heterocycles. The molecule has 2 heterocycles. The van der Waals surface area contributed by atoms with Gasteiger partial charge in [0.1, 0.15) is 5.82 Å². The van der Waals surface area contributed by atoms with E-state index < -0.39 is 0 Å². The third kappa shape index (κ3) is 2.50. The molecule has 5 nitrogen and oxygen atoms in total. The predicted octanol–water partition coefficient (Wildman–Crippen LogP) is 3.34. The lowest BCUT2D eigenvalue weighted by atomic mass is 10.1. The van der Waals surface area contributed by atoms with Gasteiger partial charge in [-0.1, -0.05) is 31.2 Å². The Morgan fingerprint density at radius 1 is 1.12 bits per heavy atom. The smallest absolute Gasteiger partial charge is 0.259 e. The van der Waals surface area contributed by atoms with Gasteiger partial charge < -0.3 is 4.98 Å². The molecule has 0 bridgehead atoms. The molecule has 0 spiro atoms. The standard InChI is InChI=1S/C19H16N4O/c1-2-13-8-9-17-16(10-13)19(24)22-18(21-17)14-11-20-23(12-14)15-6-4-3-5-7-15/h3-12H,2H2,1H3,(H,21,22,24). The first-order valence-corrected chi connectivity index (χ1v) is 7.88. The maximum Gasteiger partial charge on any atom is 0.259 e. The summed E-state index contributed by atoms with van der Waals surface area (Å²) in [6.45, 7) is 2.06. The zero-order valence-electron chi connectivity index (χ0n) is 13.2. The van der Waals surface area contributed by atoms with Crippen molar-refractivity contribution in [2.75, 3.05) is 0 Å². The Morgan fingerprint density at radius 3 is 2.75 bits per heavy atom. The molecule has 118 valence electrons. The molecule has 0 saturated heterocycles. The Hall–Kier alpha value is -3.21.